The highest BCUT2D eigenvalue weighted by atomic mass is 16.5. The van der Waals surface area contributed by atoms with Crippen LogP contribution in [0.3, 0.4) is 0 Å². The van der Waals surface area contributed by atoms with Crippen LogP contribution in [0.5, 0.6) is 5.75 Å². The Kier molecular flexibility index (Phi) is 4.08. The highest BCUT2D eigenvalue weighted by Crippen LogP contribution is 2.12. The molecule has 2 aromatic carbocycles. The van der Waals surface area contributed by atoms with Gasteiger partial charge in [-0.25, -0.2) is 0 Å². The topological polar surface area (TPSA) is 43.4 Å². The van der Waals surface area contributed by atoms with E-state index in [0.717, 1.165) is 11.3 Å². The van der Waals surface area contributed by atoms with Crippen molar-refractivity contribution in [2.45, 2.75) is 6.42 Å². The van der Waals surface area contributed by atoms with E-state index in [4.69, 9.17) is 4.74 Å². The van der Waals surface area contributed by atoms with Gasteiger partial charge in [0.25, 0.3) is 0 Å². The second-order valence-electron chi connectivity index (χ2n) is 4.14. The molecule has 3 nitrogen and oxygen atoms in total. The van der Waals surface area contributed by atoms with Gasteiger partial charge in [0.1, 0.15) is 5.75 Å². The Morgan fingerprint density at radius 2 is 1.58 bits per heavy atom. The van der Waals surface area contributed by atoms with E-state index in [-0.39, 0.29) is 6.42 Å². The summed E-state index contributed by atoms with van der Waals surface area (Å²) in [5.74, 6) is -0.127. The van der Waals surface area contributed by atoms with E-state index in [1.54, 1.807) is 55.6 Å². The lowest BCUT2D eigenvalue weighted by atomic mass is 10.0. The van der Waals surface area contributed by atoms with Gasteiger partial charge in [0.05, 0.1) is 7.11 Å². The predicted octanol–water partition coefficient (Wildman–Crippen LogP) is 2.69. The largest absolute Gasteiger partial charge is 0.497 e. The van der Waals surface area contributed by atoms with Gasteiger partial charge in [0, 0.05) is 12.0 Å². The normalized spacial score (nSPS) is 9.95. The van der Waals surface area contributed by atoms with Gasteiger partial charge in [-0.3, -0.25) is 9.59 Å². The van der Waals surface area contributed by atoms with Crippen LogP contribution in [0.1, 0.15) is 15.9 Å². The zero-order valence-corrected chi connectivity index (χ0v) is 10.6. The summed E-state index contributed by atoms with van der Waals surface area (Å²) < 4.78 is 5.04. The first-order valence-corrected chi connectivity index (χ1v) is 5.96. The van der Waals surface area contributed by atoms with Crippen molar-refractivity contribution in [2.75, 3.05) is 7.11 Å². The van der Waals surface area contributed by atoms with Crippen LogP contribution < -0.4 is 4.74 Å². The fraction of sp³-hybridized carbons (Fsp3) is 0.125. The number of methoxy groups -OCH3 is 1. The Hall–Kier alpha value is -2.42. The molecule has 0 amide bonds. The second kappa shape index (κ2) is 5.96. The number of hydrogen-bond acceptors (Lipinski definition) is 3. The average Bonchev–Trinajstić information content (AvgIpc) is 2.48. The molecule has 0 N–H and O–H groups in total. The smallest absolute Gasteiger partial charge is 0.228 e. The molecule has 0 aromatic heterocycles. The standard InChI is InChI=1S/C16H14O3/c1-19-14-9-7-12(8-10-14)11-15(17)16(18)13-5-3-2-4-6-13/h2-10H,11H2,1H3. The highest BCUT2D eigenvalue weighted by Gasteiger charge is 2.15. The molecule has 0 unspecified atom stereocenters. The van der Waals surface area contributed by atoms with Gasteiger partial charge < -0.3 is 4.74 Å². The molecule has 0 aliphatic heterocycles. The van der Waals surface area contributed by atoms with Crippen molar-refractivity contribution in [3.8, 4) is 5.75 Å². The molecule has 0 spiro atoms. The van der Waals surface area contributed by atoms with Crippen molar-refractivity contribution in [3.63, 3.8) is 0 Å². The summed E-state index contributed by atoms with van der Waals surface area (Å²) in [6, 6.07) is 15.7. The van der Waals surface area contributed by atoms with Gasteiger partial charge in [0.2, 0.25) is 11.6 Å². The lowest BCUT2D eigenvalue weighted by Gasteiger charge is -2.03. The Bertz CT molecular complexity index is 571. The molecule has 0 aliphatic carbocycles. The Morgan fingerprint density at radius 3 is 2.16 bits per heavy atom. The molecule has 2 rings (SSSR count). The first-order valence-electron chi connectivity index (χ1n) is 5.96. The van der Waals surface area contributed by atoms with E-state index in [1.165, 1.54) is 0 Å². The van der Waals surface area contributed by atoms with E-state index in [0.29, 0.717) is 5.56 Å². The lowest BCUT2D eigenvalue weighted by molar-refractivity contribution is -0.114. The fourth-order valence-corrected chi connectivity index (χ4v) is 1.76. The number of hydrogen-bond donors (Lipinski definition) is 0. The highest BCUT2D eigenvalue weighted by molar-refractivity contribution is 6.44. The van der Waals surface area contributed by atoms with Gasteiger partial charge in [0.15, 0.2) is 0 Å². The van der Waals surface area contributed by atoms with Crippen molar-refractivity contribution >= 4 is 11.6 Å². The van der Waals surface area contributed by atoms with E-state index in [9.17, 15) is 9.59 Å². The summed E-state index contributed by atoms with van der Waals surface area (Å²) in [4.78, 5) is 23.8. The summed E-state index contributed by atoms with van der Waals surface area (Å²) >= 11 is 0. The summed E-state index contributed by atoms with van der Waals surface area (Å²) in [6.45, 7) is 0. The molecule has 0 aliphatic rings. The molecule has 3 heteroatoms. The van der Waals surface area contributed by atoms with Crippen LogP contribution in [0, 0.1) is 0 Å². The average molecular weight is 254 g/mol. The Balaban J connectivity index is 2.06. The molecule has 19 heavy (non-hydrogen) atoms. The van der Waals surface area contributed by atoms with E-state index < -0.39 is 11.6 Å². The van der Waals surface area contributed by atoms with E-state index >= 15 is 0 Å². The molecule has 0 radical (unpaired) electrons. The second-order valence-corrected chi connectivity index (χ2v) is 4.14. The Labute approximate surface area is 111 Å². The van der Waals surface area contributed by atoms with Crippen LogP contribution in [-0.4, -0.2) is 18.7 Å². The summed E-state index contributed by atoms with van der Waals surface area (Å²) in [5.41, 5.74) is 1.23. The van der Waals surface area contributed by atoms with Crippen LogP contribution in [0.4, 0.5) is 0 Å². The molecular formula is C16H14O3. The fourth-order valence-electron chi connectivity index (χ4n) is 1.76. The van der Waals surface area contributed by atoms with Crippen molar-refractivity contribution in [3.05, 3.63) is 65.7 Å². The van der Waals surface area contributed by atoms with E-state index in [2.05, 4.69) is 0 Å². The first-order chi connectivity index (χ1) is 9.20. The van der Waals surface area contributed by atoms with Crippen LogP contribution in [0.25, 0.3) is 0 Å². The Morgan fingerprint density at radius 1 is 0.947 bits per heavy atom. The SMILES string of the molecule is COc1ccc(CC(=O)C(=O)c2ccccc2)cc1. The third-order valence-electron chi connectivity index (χ3n) is 2.81. The van der Waals surface area contributed by atoms with Crippen LogP contribution in [-0.2, 0) is 11.2 Å². The number of ether oxygens (including phenoxy) is 1. The quantitative estimate of drug-likeness (QED) is 0.608. The van der Waals surface area contributed by atoms with Crippen LogP contribution >= 0.6 is 0 Å². The number of Topliss-reactive ketones (excluding diaryl/α,β-unsaturated/α-hetero) is 2. The predicted molar refractivity (Wildman–Crippen MR) is 72.5 cm³/mol. The van der Waals surface area contributed by atoms with Gasteiger partial charge >= 0.3 is 0 Å². The zero-order valence-electron chi connectivity index (χ0n) is 10.6. The molecule has 96 valence electrons. The van der Waals surface area contributed by atoms with Gasteiger partial charge in [-0.15, -0.1) is 0 Å². The number of carbonyl (C=O) groups excluding carboxylic acids is 2. The minimum Gasteiger partial charge on any atom is -0.497 e. The molecule has 0 fully saturated rings. The van der Waals surface area contributed by atoms with Gasteiger partial charge in [-0.2, -0.15) is 0 Å². The van der Waals surface area contributed by atoms with Crippen LogP contribution in [0.15, 0.2) is 54.6 Å². The lowest BCUT2D eigenvalue weighted by Crippen LogP contribution is -2.16. The molecule has 0 saturated carbocycles. The van der Waals surface area contributed by atoms with Gasteiger partial charge in [-0.05, 0) is 17.7 Å². The molecule has 2 aromatic rings. The maximum absolute atomic E-state index is 11.9. The molecule has 0 heterocycles. The number of carbonyl (C=O) groups is 2. The molecule has 0 atom stereocenters. The van der Waals surface area contributed by atoms with Crippen molar-refractivity contribution in [1.82, 2.24) is 0 Å². The summed E-state index contributed by atoms with van der Waals surface area (Å²) in [5, 5.41) is 0. The maximum Gasteiger partial charge on any atom is 0.228 e. The van der Waals surface area contributed by atoms with Gasteiger partial charge in [-0.1, -0.05) is 42.5 Å². The maximum atomic E-state index is 11.9. The van der Waals surface area contributed by atoms with Crippen molar-refractivity contribution < 1.29 is 14.3 Å². The summed E-state index contributed by atoms with van der Waals surface area (Å²) in [6.07, 6.45) is 0.109. The number of rotatable bonds is 5. The minimum atomic E-state index is -0.448. The van der Waals surface area contributed by atoms with Crippen molar-refractivity contribution in [1.29, 1.82) is 0 Å². The van der Waals surface area contributed by atoms with Crippen LogP contribution in [0.2, 0.25) is 0 Å². The van der Waals surface area contributed by atoms with Crippen molar-refractivity contribution in [2.24, 2.45) is 0 Å². The third-order valence-corrected chi connectivity index (χ3v) is 2.81. The molecule has 0 bridgehead atoms. The third kappa shape index (κ3) is 3.28. The minimum absolute atomic E-state index is 0.109. The van der Waals surface area contributed by atoms with E-state index in [1.807, 2.05) is 6.07 Å². The summed E-state index contributed by atoms with van der Waals surface area (Å²) in [7, 11) is 1.58. The first kappa shape index (κ1) is 13.0. The zero-order chi connectivity index (χ0) is 13.7. The monoisotopic (exact) mass is 254 g/mol. The number of benzene rings is 2. The molecular weight excluding hydrogens is 240 g/mol. The number of ketones is 2. The molecule has 0 saturated heterocycles.